The minimum atomic E-state index is 0.429. The summed E-state index contributed by atoms with van der Waals surface area (Å²) in [5.74, 6) is 0.944. The van der Waals surface area contributed by atoms with E-state index >= 15 is 0 Å². The fourth-order valence-corrected chi connectivity index (χ4v) is 3.94. The zero-order valence-corrected chi connectivity index (χ0v) is 12.2. The third kappa shape index (κ3) is 2.61. The molecule has 3 fully saturated rings. The van der Waals surface area contributed by atoms with Gasteiger partial charge in [-0.2, -0.15) is 0 Å². The first-order valence-electron chi connectivity index (χ1n) is 7.47. The molecule has 1 saturated heterocycles. The van der Waals surface area contributed by atoms with Crippen LogP contribution in [0, 0.1) is 5.92 Å². The number of halogens is 1. The van der Waals surface area contributed by atoms with Crippen LogP contribution < -0.4 is 5.32 Å². The molecular formula is C15H25ClN2. The molecule has 3 heteroatoms. The van der Waals surface area contributed by atoms with E-state index in [1.165, 1.54) is 57.2 Å². The fraction of sp³-hybridized carbons (Fsp3) is 0.867. The van der Waals surface area contributed by atoms with Gasteiger partial charge in [0.05, 0.1) is 0 Å². The molecular weight excluding hydrogens is 244 g/mol. The van der Waals surface area contributed by atoms with Crippen molar-refractivity contribution in [1.82, 2.24) is 10.2 Å². The average Bonchev–Trinajstić information content (AvgIpc) is 3.11. The fourth-order valence-electron chi connectivity index (χ4n) is 3.87. The Labute approximate surface area is 116 Å². The summed E-state index contributed by atoms with van der Waals surface area (Å²) in [4.78, 5) is 2.72. The molecule has 0 aromatic rings. The van der Waals surface area contributed by atoms with E-state index < -0.39 is 0 Å². The molecule has 2 saturated carbocycles. The minimum Gasteiger partial charge on any atom is -0.308 e. The van der Waals surface area contributed by atoms with Crippen molar-refractivity contribution in [2.45, 2.75) is 57.0 Å². The van der Waals surface area contributed by atoms with E-state index in [9.17, 15) is 0 Å². The standard InChI is InChI=1S/C15H25ClN2/c1-12(8-16)10-18-11-15(6-2-3-7-15)17-9-14(18)13-4-5-13/h8,13-14,17H,2-7,9-11H2,1H3. The van der Waals surface area contributed by atoms with Gasteiger partial charge in [0.15, 0.2) is 0 Å². The zero-order chi connectivity index (χ0) is 12.6. The molecule has 1 unspecified atom stereocenters. The molecule has 0 amide bonds. The van der Waals surface area contributed by atoms with E-state index in [1.54, 1.807) is 5.54 Å². The van der Waals surface area contributed by atoms with E-state index in [2.05, 4.69) is 17.1 Å². The summed E-state index contributed by atoms with van der Waals surface area (Å²) in [5, 5.41) is 3.89. The van der Waals surface area contributed by atoms with E-state index in [0.29, 0.717) is 5.54 Å². The van der Waals surface area contributed by atoms with Gasteiger partial charge in [0.2, 0.25) is 0 Å². The van der Waals surface area contributed by atoms with Gasteiger partial charge in [-0.05, 0) is 44.1 Å². The molecule has 0 radical (unpaired) electrons. The Kier molecular flexibility index (Phi) is 3.70. The smallest absolute Gasteiger partial charge is 0.0309 e. The number of rotatable bonds is 3. The Morgan fingerprint density at radius 3 is 2.72 bits per heavy atom. The Hall–Kier alpha value is -0.0500. The molecule has 0 aromatic heterocycles. The van der Waals surface area contributed by atoms with Gasteiger partial charge < -0.3 is 5.32 Å². The highest BCUT2D eigenvalue weighted by Crippen LogP contribution is 2.40. The van der Waals surface area contributed by atoms with Crippen molar-refractivity contribution >= 4 is 11.6 Å². The van der Waals surface area contributed by atoms with E-state index in [1.807, 2.05) is 0 Å². The molecule has 0 bridgehead atoms. The molecule has 1 atom stereocenters. The molecule has 1 aliphatic heterocycles. The van der Waals surface area contributed by atoms with Crippen LogP contribution in [-0.4, -0.2) is 36.1 Å². The molecule has 18 heavy (non-hydrogen) atoms. The van der Waals surface area contributed by atoms with Gasteiger partial charge in [0.1, 0.15) is 0 Å². The average molecular weight is 269 g/mol. The molecule has 2 aliphatic carbocycles. The van der Waals surface area contributed by atoms with Crippen molar-refractivity contribution in [2.75, 3.05) is 19.6 Å². The van der Waals surface area contributed by atoms with E-state index in [-0.39, 0.29) is 0 Å². The SMILES string of the molecule is CC(=CCl)CN1CC2(CCCC2)NCC1C1CC1. The van der Waals surface area contributed by atoms with Crippen LogP contribution in [0.1, 0.15) is 45.4 Å². The van der Waals surface area contributed by atoms with Crippen molar-refractivity contribution in [2.24, 2.45) is 5.92 Å². The molecule has 3 rings (SSSR count). The minimum absolute atomic E-state index is 0.429. The number of nitrogens with zero attached hydrogens (tertiary/aromatic N) is 1. The second-order valence-electron chi connectivity index (χ2n) is 6.63. The third-order valence-electron chi connectivity index (χ3n) is 5.03. The Balaban J connectivity index is 1.70. The van der Waals surface area contributed by atoms with Crippen LogP contribution in [0.3, 0.4) is 0 Å². The second-order valence-corrected chi connectivity index (χ2v) is 6.85. The first-order valence-corrected chi connectivity index (χ1v) is 7.91. The van der Waals surface area contributed by atoms with Gasteiger partial charge in [0.25, 0.3) is 0 Å². The van der Waals surface area contributed by atoms with Gasteiger partial charge in [-0.25, -0.2) is 0 Å². The van der Waals surface area contributed by atoms with Crippen LogP contribution in [0.4, 0.5) is 0 Å². The number of hydrogen-bond acceptors (Lipinski definition) is 2. The normalized spacial score (nSPS) is 33.2. The lowest BCUT2D eigenvalue weighted by molar-refractivity contribution is 0.0777. The zero-order valence-electron chi connectivity index (χ0n) is 11.4. The summed E-state index contributed by atoms with van der Waals surface area (Å²) in [6.45, 7) is 5.64. The third-order valence-corrected chi connectivity index (χ3v) is 5.40. The van der Waals surface area contributed by atoms with Crippen molar-refractivity contribution in [3.63, 3.8) is 0 Å². The summed E-state index contributed by atoms with van der Waals surface area (Å²) in [5.41, 5.74) is 3.49. The summed E-state index contributed by atoms with van der Waals surface area (Å²) >= 11 is 5.86. The van der Waals surface area contributed by atoms with Gasteiger partial charge in [-0.3, -0.25) is 4.90 Å². The van der Waals surface area contributed by atoms with Crippen molar-refractivity contribution < 1.29 is 0 Å². The monoisotopic (exact) mass is 268 g/mol. The summed E-state index contributed by atoms with van der Waals surface area (Å²) < 4.78 is 0. The van der Waals surface area contributed by atoms with Crippen LogP contribution in [0.5, 0.6) is 0 Å². The highest BCUT2D eigenvalue weighted by atomic mass is 35.5. The Bertz CT molecular complexity index is 329. The maximum atomic E-state index is 5.86. The molecule has 3 aliphatic rings. The molecule has 1 N–H and O–H groups in total. The topological polar surface area (TPSA) is 15.3 Å². The summed E-state index contributed by atoms with van der Waals surface area (Å²) in [6.07, 6.45) is 8.40. The van der Waals surface area contributed by atoms with Crippen LogP contribution >= 0.6 is 11.6 Å². The van der Waals surface area contributed by atoms with Crippen molar-refractivity contribution in [3.8, 4) is 0 Å². The quantitative estimate of drug-likeness (QED) is 0.846. The van der Waals surface area contributed by atoms with Crippen LogP contribution in [0.25, 0.3) is 0 Å². The predicted octanol–water partition coefficient (Wildman–Crippen LogP) is 3.13. The lowest BCUT2D eigenvalue weighted by Gasteiger charge is -2.47. The summed E-state index contributed by atoms with van der Waals surface area (Å²) in [7, 11) is 0. The molecule has 0 aromatic carbocycles. The molecule has 2 nitrogen and oxygen atoms in total. The molecule has 102 valence electrons. The van der Waals surface area contributed by atoms with Gasteiger partial charge >= 0.3 is 0 Å². The molecule has 1 spiro atoms. The number of hydrogen-bond donors (Lipinski definition) is 1. The van der Waals surface area contributed by atoms with Crippen molar-refractivity contribution in [3.05, 3.63) is 11.1 Å². The molecule has 1 heterocycles. The van der Waals surface area contributed by atoms with Crippen LogP contribution in [0.15, 0.2) is 11.1 Å². The van der Waals surface area contributed by atoms with Gasteiger partial charge in [-0.15, -0.1) is 0 Å². The lowest BCUT2D eigenvalue weighted by atomic mass is 9.91. The highest BCUT2D eigenvalue weighted by Gasteiger charge is 2.45. The Morgan fingerprint density at radius 2 is 2.11 bits per heavy atom. The maximum absolute atomic E-state index is 5.86. The Morgan fingerprint density at radius 1 is 1.39 bits per heavy atom. The van der Waals surface area contributed by atoms with Crippen LogP contribution in [0.2, 0.25) is 0 Å². The van der Waals surface area contributed by atoms with E-state index in [4.69, 9.17) is 11.6 Å². The maximum Gasteiger partial charge on any atom is 0.0309 e. The first-order chi connectivity index (χ1) is 8.72. The second kappa shape index (κ2) is 5.15. The predicted molar refractivity (Wildman–Crippen MR) is 76.9 cm³/mol. The highest BCUT2D eigenvalue weighted by molar-refractivity contribution is 6.25. The van der Waals surface area contributed by atoms with Gasteiger partial charge in [0, 0.05) is 36.8 Å². The van der Waals surface area contributed by atoms with Crippen LogP contribution in [-0.2, 0) is 0 Å². The van der Waals surface area contributed by atoms with Gasteiger partial charge in [-0.1, -0.05) is 24.4 Å². The first kappa shape index (κ1) is 13.0. The number of nitrogens with one attached hydrogen (secondary N) is 1. The largest absolute Gasteiger partial charge is 0.308 e. The van der Waals surface area contributed by atoms with E-state index in [0.717, 1.165) is 18.5 Å². The summed E-state index contributed by atoms with van der Waals surface area (Å²) in [6, 6.07) is 0.753. The lowest BCUT2D eigenvalue weighted by Crippen LogP contribution is -2.63. The van der Waals surface area contributed by atoms with Crippen molar-refractivity contribution in [1.29, 1.82) is 0 Å². The number of piperazine rings is 1.